The zero-order valence-electron chi connectivity index (χ0n) is 5.79. The molecule has 0 atom stereocenters. The minimum Gasteiger partial charge on any atom is -0.396 e. The van der Waals surface area contributed by atoms with E-state index in [1.54, 1.807) is 29.3 Å². The Balaban J connectivity index is 2.27. The van der Waals surface area contributed by atoms with Gasteiger partial charge in [-0.25, -0.2) is 4.98 Å². The monoisotopic (exact) mass is 253 g/mol. The van der Waals surface area contributed by atoms with Crippen LogP contribution in [0.15, 0.2) is 9.98 Å². The van der Waals surface area contributed by atoms with Crippen molar-refractivity contribution in [1.29, 1.82) is 0 Å². The van der Waals surface area contributed by atoms with Crippen LogP contribution < -0.4 is 0 Å². The van der Waals surface area contributed by atoms with Gasteiger partial charge in [0.05, 0.1) is 16.6 Å². The summed E-state index contributed by atoms with van der Waals surface area (Å²) in [7, 11) is 0. The molecule has 1 N–H and O–H groups in total. The van der Waals surface area contributed by atoms with Crippen molar-refractivity contribution < 1.29 is 5.11 Å². The fraction of sp³-hybridized carbons (Fsp3) is 0.500. The fourth-order valence-corrected chi connectivity index (χ4v) is 2.69. The van der Waals surface area contributed by atoms with E-state index in [0.717, 1.165) is 20.3 Å². The Labute approximate surface area is 82.2 Å². The highest BCUT2D eigenvalue weighted by Crippen LogP contribution is 2.22. The fourth-order valence-electron chi connectivity index (χ4n) is 0.579. The van der Waals surface area contributed by atoms with Gasteiger partial charge in [0, 0.05) is 11.5 Å². The van der Waals surface area contributed by atoms with E-state index in [9.17, 15) is 0 Å². The van der Waals surface area contributed by atoms with Gasteiger partial charge < -0.3 is 5.11 Å². The summed E-state index contributed by atoms with van der Waals surface area (Å²) in [6, 6.07) is 0. The maximum Gasteiger partial charge on any atom is 0.104 e. The number of aromatic nitrogens is 1. The van der Waals surface area contributed by atoms with Crippen LogP contribution in [0, 0.1) is 0 Å². The molecule has 0 bridgehead atoms. The largest absolute Gasteiger partial charge is 0.396 e. The van der Waals surface area contributed by atoms with Gasteiger partial charge >= 0.3 is 0 Å². The van der Waals surface area contributed by atoms with Gasteiger partial charge in [-0.2, -0.15) is 11.8 Å². The highest BCUT2D eigenvalue weighted by atomic mass is 79.9. The molecule has 0 spiro atoms. The third kappa shape index (κ3) is 3.55. The lowest BCUT2D eigenvalue weighted by molar-refractivity contribution is 0.322. The van der Waals surface area contributed by atoms with Crippen molar-refractivity contribution in [2.24, 2.45) is 0 Å². The van der Waals surface area contributed by atoms with Gasteiger partial charge in [0.2, 0.25) is 0 Å². The van der Waals surface area contributed by atoms with Crippen LogP contribution in [-0.4, -0.2) is 22.5 Å². The number of thiazole rings is 1. The molecule has 5 heteroatoms. The molecule has 1 aromatic rings. The Morgan fingerprint density at radius 2 is 2.55 bits per heavy atom. The molecule has 62 valence electrons. The quantitative estimate of drug-likeness (QED) is 0.835. The van der Waals surface area contributed by atoms with Crippen molar-refractivity contribution in [2.75, 3.05) is 12.4 Å². The summed E-state index contributed by atoms with van der Waals surface area (Å²) in [5.74, 6) is 1.69. The van der Waals surface area contributed by atoms with E-state index >= 15 is 0 Å². The highest BCUT2D eigenvalue weighted by Gasteiger charge is 1.98. The first-order valence-electron chi connectivity index (χ1n) is 3.11. The summed E-state index contributed by atoms with van der Waals surface area (Å²) in [4.78, 5) is 4.16. The molecule has 1 aromatic heterocycles. The molecule has 1 heterocycles. The summed E-state index contributed by atoms with van der Waals surface area (Å²) in [5, 5.41) is 9.61. The lowest BCUT2D eigenvalue weighted by Crippen LogP contribution is -1.86. The Morgan fingerprint density at radius 1 is 1.73 bits per heavy atom. The van der Waals surface area contributed by atoms with Crippen LogP contribution in [0.4, 0.5) is 0 Å². The van der Waals surface area contributed by atoms with Crippen LogP contribution in [0.5, 0.6) is 0 Å². The van der Waals surface area contributed by atoms with Gasteiger partial charge in [0.1, 0.15) is 5.01 Å². The second kappa shape index (κ2) is 5.13. The van der Waals surface area contributed by atoms with Gasteiger partial charge in [-0.15, -0.1) is 11.3 Å². The average Bonchev–Trinajstić information content (AvgIpc) is 2.37. The predicted molar refractivity (Wildman–Crippen MR) is 53.1 cm³/mol. The van der Waals surface area contributed by atoms with E-state index in [2.05, 4.69) is 20.9 Å². The Hall–Kier alpha value is 0.420. The minimum atomic E-state index is 0.247. The number of halogens is 1. The second-order valence-electron chi connectivity index (χ2n) is 1.83. The first-order valence-corrected chi connectivity index (χ1v) is 5.88. The van der Waals surface area contributed by atoms with E-state index in [4.69, 9.17) is 5.11 Å². The molecule has 0 saturated heterocycles. The van der Waals surface area contributed by atoms with E-state index in [1.807, 2.05) is 0 Å². The molecule has 0 aliphatic carbocycles. The molecule has 0 fully saturated rings. The molecule has 2 nitrogen and oxygen atoms in total. The van der Waals surface area contributed by atoms with Crippen LogP contribution in [0.3, 0.4) is 0 Å². The number of hydrogen-bond acceptors (Lipinski definition) is 4. The van der Waals surface area contributed by atoms with Crippen LogP contribution in [0.25, 0.3) is 0 Å². The van der Waals surface area contributed by atoms with Crippen LogP contribution >= 0.6 is 39.0 Å². The Morgan fingerprint density at radius 3 is 3.09 bits per heavy atom. The van der Waals surface area contributed by atoms with Gasteiger partial charge in [0.25, 0.3) is 0 Å². The van der Waals surface area contributed by atoms with Gasteiger partial charge in [-0.3, -0.25) is 0 Å². The number of hydrogen-bond donors (Lipinski definition) is 1. The third-order valence-electron chi connectivity index (χ3n) is 0.987. The zero-order valence-corrected chi connectivity index (χ0v) is 9.01. The van der Waals surface area contributed by atoms with E-state index in [1.165, 1.54) is 0 Å². The second-order valence-corrected chi connectivity index (χ2v) is 5.43. The lowest BCUT2D eigenvalue weighted by atomic mass is 10.8. The maximum atomic E-state index is 8.50. The summed E-state index contributed by atoms with van der Waals surface area (Å²) in [6.07, 6.45) is 1.81. The van der Waals surface area contributed by atoms with Crippen molar-refractivity contribution in [3.8, 4) is 0 Å². The van der Waals surface area contributed by atoms with Crippen LogP contribution in [0.1, 0.15) is 5.01 Å². The first-order chi connectivity index (χ1) is 5.33. The number of aliphatic hydroxyl groups is 1. The van der Waals surface area contributed by atoms with Crippen LogP contribution in [0.2, 0.25) is 0 Å². The SMILES string of the molecule is OCCSCc1ncc(Br)s1. The topological polar surface area (TPSA) is 33.1 Å². The molecule has 0 amide bonds. The number of nitrogens with zero attached hydrogens (tertiary/aromatic N) is 1. The molecule has 0 saturated carbocycles. The molecule has 0 aliphatic rings. The Bertz CT molecular complexity index is 216. The van der Waals surface area contributed by atoms with Crippen molar-refractivity contribution in [3.05, 3.63) is 15.0 Å². The molecule has 0 aromatic carbocycles. The highest BCUT2D eigenvalue weighted by molar-refractivity contribution is 9.11. The van der Waals surface area contributed by atoms with Gasteiger partial charge in [-0.1, -0.05) is 0 Å². The molecule has 11 heavy (non-hydrogen) atoms. The smallest absolute Gasteiger partial charge is 0.104 e. The normalized spacial score (nSPS) is 10.4. The maximum absolute atomic E-state index is 8.50. The van der Waals surface area contributed by atoms with Crippen molar-refractivity contribution >= 4 is 39.0 Å². The number of aliphatic hydroxyl groups excluding tert-OH is 1. The standard InChI is InChI=1S/C6H8BrNOS2/c7-5-3-8-6(11-5)4-10-2-1-9/h3,9H,1-2,4H2. The number of rotatable bonds is 4. The van der Waals surface area contributed by atoms with Crippen molar-refractivity contribution in [3.63, 3.8) is 0 Å². The third-order valence-corrected chi connectivity index (χ3v) is 3.59. The summed E-state index contributed by atoms with van der Waals surface area (Å²) in [5.41, 5.74) is 0. The average molecular weight is 254 g/mol. The van der Waals surface area contributed by atoms with Gasteiger partial charge in [0.15, 0.2) is 0 Å². The number of thioether (sulfide) groups is 1. The molecule has 0 aliphatic heterocycles. The van der Waals surface area contributed by atoms with Crippen molar-refractivity contribution in [1.82, 2.24) is 4.98 Å². The predicted octanol–water partition coefficient (Wildman–Crippen LogP) is 2.13. The molecular weight excluding hydrogens is 246 g/mol. The molecule has 0 unspecified atom stereocenters. The Kier molecular flexibility index (Phi) is 4.44. The van der Waals surface area contributed by atoms with E-state index < -0.39 is 0 Å². The molecule has 1 rings (SSSR count). The summed E-state index contributed by atoms with van der Waals surface area (Å²) < 4.78 is 1.07. The summed E-state index contributed by atoms with van der Waals surface area (Å²) in [6.45, 7) is 0.247. The molecular formula is C6H8BrNOS2. The van der Waals surface area contributed by atoms with E-state index in [-0.39, 0.29) is 6.61 Å². The lowest BCUT2D eigenvalue weighted by Gasteiger charge is -1.92. The zero-order chi connectivity index (χ0) is 8.10. The van der Waals surface area contributed by atoms with Crippen LogP contribution in [-0.2, 0) is 5.75 Å². The van der Waals surface area contributed by atoms with E-state index in [0.29, 0.717) is 0 Å². The first kappa shape index (κ1) is 9.51. The van der Waals surface area contributed by atoms with Gasteiger partial charge in [-0.05, 0) is 15.9 Å². The molecule has 0 radical (unpaired) electrons. The summed E-state index contributed by atoms with van der Waals surface area (Å²) >= 11 is 6.68. The minimum absolute atomic E-state index is 0.247. The van der Waals surface area contributed by atoms with Crippen molar-refractivity contribution in [2.45, 2.75) is 5.75 Å².